The Kier molecular flexibility index (Phi) is 4.51. The number of esters is 1. The van der Waals surface area contributed by atoms with E-state index in [1.54, 1.807) is 14.0 Å². The van der Waals surface area contributed by atoms with Gasteiger partial charge in [0.2, 0.25) is 5.69 Å². The fourth-order valence-electron chi connectivity index (χ4n) is 2.68. The third kappa shape index (κ3) is 2.75. The molecular formula is C17H19N5O3. The van der Waals surface area contributed by atoms with Gasteiger partial charge in [0.15, 0.2) is 11.5 Å². The van der Waals surface area contributed by atoms with E-state index in [2.05, 4.69) is 15.3 Å². The summed E-state index contributed by atoms with van der Waals surface area (Å²) < 4.78 is 11.8. The highest BCUT2D eigenvalue weighted by atomic mass is 16.5. The van der Waals surface area contributed by atoms with Crippen LogP contribution in [-0.4, -0.2) is 39.5 Å². The van der Waals surface area contributed by atoms with Crippen molar-refractivity contribution in [1.82, 2.24) is 19.8 Å². The van der Waals surface area contributed by atoms with E-state index in [0.29, 0.717) is 17.8 Å². The standard InChI is InChI=1S/C17H19N5O3/c1-4-11-13(10-8-6-7-9-12(10)24-3)16-20-19-14(17(23)25-5-2)15(18)22(16)21-11/h6-9H,4-5,18H2,1-3H3. The van der Waals surface area contributed by atoms with Gasteiger partial charge < -0.3 is 15.2 Å². The molecule has 2 heterocycles. The summed E-state index contributed by atoms with van der Waals surface area (Å²) in [5.41, 5.74) is 8.93. The molecule has 0 aliphatic carbocycles. The van der Waals surface area contributed by atoms with Gasteiger partial charge in [-0.1, -0.05) is 25.1 Å². The maximum absolute atomic E-state index is 12.0. The Labute approximate surface area is 144 Å². The SMILES string of the molecule is CCOC(=O)c1nnc2c(-c3ccccc3OC)c(CC)nn2c1N. The Balaban J connectivity index is 2.27. The lowest BCUT2D eigenvalue weighted by atomic mass is 10.0. The second kappa shape index (κ2) is 6.76. The molecule has 8 heteroatoms. The number of nitrogens with two attached hydrogens (primary N) is 1. The molecule has 8 nitrogen and oxygen atoms in total. The first kappa shape index (κ1) is 16.7. The fraction of sp³-hybridized carbons (Fsp3) is 0.294. The van der Waals surface area contributed by atoms with Crippen LogP contribution in [0.4, 0.5) is 5.82 Å². The van der Waals surface area contributed by atoms with Gasteiger partial charge in [-0.3, -0.25) is 0 Å². The van der Waals surface area contributed by atoms with Crippen LogP contribution < -0.4 is 10.5 Å². The van der Waals surface area contributed by atoms with Crippen molar-refractivity contribution in [2.75, 3.05) is 19.5 Å². The lowest BCUT2D eigenvalue weighted by Gasteiger charge is -2.08. The van der Waals surface area contributed by atoms with E-state index in [9.17, 15) is 4.79 Å². The van der Waals surface area contributed by atoms with Gasteiger partial charge in [-0.15, -0.1) is 10.2 Å². The smallest absolute Gasteiger partial charge is 0.362 e. The molecule has 0 saturated carbocycles. The van der Waals surface area contributed by atoms with E-state index >= 15 is 0 Å². The molecule has 2 N–H and O–H groups in total. The minimum absolute atomic E-state index is 0.0499. The highest BCUT2D eigenvalue weighted by molar-refractivity contribution is 5.93. The molecule has 3 rings (SSSR count). The summed E-state index contributed by atoms with van der Waals surface area (Å²) in [4.78, 5) is 12.0. The number of benzene rings is 1. The normalized spacial score (nSPS) is 10.8. The van der Waals surface area contributed by atoms with Gasteiger partial charge in [0.05, 0.1) is 25.0 Å². The number of para-hydroxylation sites is 1. The Morgan fingerprint density at radius 2 is 2.00 bits per heavy atom. The van der Waals surface area contributed by atoms with E-state index in [0.717, 1.165) is 16.8 Å². The van der Waals surface area contributed by atoms with Gasteiger partial charge in [-0.25, -0.2) is 4.79 Å². The number of ether oxygens (including phenoxy) is 2. The van der Waals surface area contributed by atoms with Crippen LogP contribution in [0.2, 0.25) is 0 Å². The number of fused-ring (bicyclic) bond motifs is 1. The molecule has 0 unspecified atom stereocenters. The van der Waals surface area contributed by atoms with Crippen molar-refractivity contribution < 1.29 is 14.3 Å². The molecule has 0 radical (unpaired) electrons. The Hall–Kier alpha value is -3.16. The van der Waals surface area contributed by atoms with E-state index in [1.807, 2.05) is 31.2 Å². The van der Waals surface area contributed by atoms with E-state index in [-0.39, 0.29) is 18.1 Å². The summed E-state index contributed by atoms with van der Waals surface area (Å²) >= 11 is 0. The maximum Gasteiger partial charge on any atom is 0.362 e. The predicted molar refractivity (Wildman–Crippen MR) is 92.5 cm³/mol. The van der Waals surface area contributed by atoms with Crippen LogP contribution >= 0.6 is 0 Å². The van der Waals surface area contributed by atoms with Crippen LogP contribution in [0.1, 0.15) is 30.0 Å². The second-order valence-electron chi connectivity index (χ2n) is 5.27. The van der Waals surface area contributed by atoms with Crippen molar-refractivity contribution >= 4 is 17.4 Å². The number of hydrogen-bond donors (Lipinski definition) is 1. The van der Waals surface area contributed by atoms with Gasteiger partial charge in [0.25, 0.3) is 0 Å². The monoisotopic (exact) mass is 341 g/mol. The zero-order valence-corrected chi connectivity index (χ0v) is 14.3. The summed E-state index contributed by atoms with van der Waals surface area (Å²) in [5.74, 6) is 0.169. The first-order valence-corrected chi connectivity index (χ1v) is 7.96. The van der Waals surface area contributed by atoms with Crippen molar-refractivity contribution in [2.24, 2.45) is 0 Å². The number of aryl methyl sites for hydroxylation is 1. The molecule has 0 amide bonds. The Morgan fingerprint density at radius 3 is 2.68 bits per heavy atom. The van der Waals surface area contributed by atoms with Crippen molar-refractivity contribution in [2.45, 2.75) is 20.3 Å². The number of rotatable bonds is 5. The topological polar surface area (TPSA) is 105 Å². The largest absolute Gasteiger partial charge is 0.496 e. The molecule has 25 heavy (non-hydrogen) atoms. The first-order chi connectivity index (χ1) is 12.1. The van der Waals surface area contributed by atoms with Crippen molar-refractivity contribution in [1.29, 1.82) is 0 Å². The summed E-state index contributed by atoms with van der Waals surface area (Å²) in [7, 11) is 1.61. The number of hydrogen-bond acceptors (Lipinski definition) is 7. The number of carbonyl (C=O) groups excluding carboxylic acids is 1. The fourth-order valence-corrected chi connectivity index (χ4v) is 2.68. The van der Waals surface area contributed by atoms with Gasteiger partial charge in [0.1, 0.15) is 5.75 Å². The van der Waals surface area contributed by atoms with Crippen molar-refractivity contribution in [3.8, 4) is 16.9 Å². The molecule has 0 atom stereocenters. The highest BCUT2D eigenvalue weighted by Crippen LogP contribution is 2.35. The minimum Gasteiger partial charge on any atom is -0.496 e. The summed E-state index contributed by atoms with van der Waals surface area (Å²) in [5, 5.41) is 12.7. The Morgan fingerprint density at radius 1 is 1.24 bits per heavy atom. The molecule has 0 aliphatic heterocycles. The van der Waals surface area contributed by atoms with Gasteiger partial charge >= 0.3 is 5.97 Å². The maximum atomic E-state index is 12.0. The number of aromatic nitrogens is 4. The zero-order chi connectivity index (χ0) is 18.0. The van der Waals surface area contributed by atoms with Crippen LogP contribution in [0.25, 0.3) is 16.8 Å². The number of methoxy groups -OCH3 is 1. The Bertz CT molecular complexity index is 935. The van der Waals surface area contributed by atoms with Crippen molar-refractivity contribution in [3.05, 3.63) is 35.7 Å². The molecular weight excluding hydrogens is 322 g/mol. The highest BCUT2D eigenvalue weighted by Gasteiger charge is 2.23. The van der Waals surface area contributed by atoms with Crippen molar-refractivity contribution in [3.63, 3.8) is 0 Å². The van der Waals surface area contributed by atoms with E-state index < -0.39 is 5.97 Å². The molecule has 0 bridgehead atoms. The number of nitrogen functional groups attached to an aromatic ring is 1. The van der Waals surface area contributed by atoms with Crippen LogP contribution in [0.5, 0.6) is 5.75 Å². The van der Waals surface area contributed by atoms with Crippen LogP contribution in [0.3, 0.4) is 0 Å². The first-order valence-electron chi connectivity index (χ1n) is 7.96. The van der Waals surface area contributed by atoms with E-state index in [1.165, 1.54) is 4.52 Å². The molecule has 1 aromatic carbocycles. The molecule has 0 aliphatic rings. The van der Waals surface area contributed by atoms with Crippen LogP contribution in [-0.2, 0) is 11.2 Å². The lowest BCUT2D eigenvalue weighted by Crippen LogP contribution is -2.15. The van der Waals surface area contributed by atoms with Crippen LogP contribution in [0.15, 0.2) is 24.3 Å². The lowest BCUT2D eigenvalue weighted by molar-refractivity contribution is 0.0519. The zero-order valence-electron chi connectivity index (χ0n) is 14.3. The third-order valence-corrected chi connectivity index (χ3v) is 3.83. The molecule has 2 aromatic heterocycles. The summed E-state index contributed by atoms with van der Waals surface area (Å²) in [6.45, 7) is 3.92. The molecule has 130 valence electrons. The summed E-state index contributed by atoms with van der Waals surface area (Å²) in [6, 6.07) is 7.58. The van der Waals surface area contributed by atoms with Gasteiger partial charge in [-0.2, -0.15) is 9.61 Å². The average molecular weight is 341 g/mol. The molecule has 0 spiro atoms. The summed E-state index contributed by atoms with van der Waals surface area (Å²) in [6.07, 6.45) is 0.658. The number of nitrogens with zero attached hydrogens (tertiary/aromatic N) is 4. The second-order valence-corrected chi connectivity index (χ2v) is 5.27. The molecule has 3 aromatic rings. The predicted octanol–water partition coefficient (Wildman–Crippen LogP) is 2.12. The minimum atomic E-state index is -0.623. The number of carbonyl (C=O) groups is 1. The third-order valence-electron chi connectivity index (χ3n) is 3.83. The van der Waals surface area contributed by atoms with Gasteiger partial charge in [-0.05, 0) is 19.4 Å². The average Bonchev–Trinajstić information content (AvgIpc) is 3.01. The molecule has 0 saturated heterocycles. The van der Waals surface area contributed by atoms with Crippen LogP contribution in [0, 0.1) is 0 Å². The van der Waals surface area contributed by atoms with Gasteiger partial charge in [0, 0.05) is 5.56 Å². The molecule has 0 fully saturated rings. The van der Waals surface area contributed by atoms with E-state index in [4.69, 9.17) is 15.2 Å². The quantitative estimate of drug-likeness (QED) is 0.709. The number of anilines is 1.